The number of fused-ring (bicyclic) bond motifs is 2. The van der Waals surface area contributed by atoms with Gasteiger partial charge in [-0.2, -0.15) is 0 Å². The topological polar surface area (TPSA) is 38.5 Å². The molecule has 4 atom stereocenters. The summed E-state index contributed by atoms with van der Waals surface area (Å²) in [7, 11) is 0. The van der Waals surface area contributed by atoms with Crippen LogP contribution in [0.2, 0.25) is 0 Å². The summed E-state index contributed by atoms with van der Waals surface area (Å²) >= 11 is 0. The van der Waals surface area contributed by atoms with E-state index in [-0.39, 0.29) is 6.04 Å². The van der Waals surface area contributed by atoms with Gasteiger partial charge in [-0.1, -0.05) is 31.0 Å². The lowest BCUT2D eigenvalue weighted by Gasteiger charge is -2.42. The summed E-state index contributed by atoms with van der Waals surface area (Å²) in [6.07, 6.45) is 6.94. The molecule has 0 spiro atoms. The van der Waals surface area contributed by atoms with Gasteiger partial charge >= 0.3 is 0 Å². The van der Waals surface area contributed by atoms with Crippen molar-refractivity contribution < 1.29 is 4.74 Å². The van der Waals surface area contributed by atoms with Gasteiger partial charge in [-0.05, 0) is 37.8 Å². The standard InChI is InChI=1S/C17H24N2O/c18-17-13-6-2-4-8-16(13)20-11-15(17)19-10-9-12-5-1-3-7-14(12)19/h2,4,6,8,12,14-15,17H,1,3,5,7,9-11,18H2. The van der Waals surface area contributed by atoms with Crippen molar-refractivity contribution in [2.75, 3.05) is 13.2 Å². The summed E-state index contributed by atoms with van der Waals surface area (Å²) in [6, 6.07) is 9.48. The number of para-hydroxylation sites is 1. The zero-order valence-corrected chi connectivity index (χ0v) is 12.0. The van der Waals surface area contributed by atoms with Gasteiger partial charge in [0.25, 0.3) is 0 Å². The SMILES string of the molecule is NC1c2ccccc2OCC1N1CCC2CCCCC21. The fourth-order valence-electron chi connectivity index (χ4n) is 4.53. The molecule has 2 fully saturated rings. The summed E-state index contributed by atoms with van der Waals surface area (Å²) in [5.41, 5.74) is 7.75. The Morgan fingerprint density at radius 1 is 1.05 bits per heavy atom. The lowest BCUT2D eigenvalue weighted by atomic mass is 9.84. The van der Waals surface area contributed by atoms with Crippen LogP contribution >= 0.6 is 0 Å². The molecular formula is C17H24N2O. The first-order chi connectivity index (χ1) is 9.84. The molecule has 20 heavy (non-hydrogen) atoms. The smallest absolute Gasteiger partial charge is 0.124 e. The van der Waals surface area contributed by atoms with Gasteiger partial charge in [-0.25, -0.2) is 0 Å². The van der Waals surface area contributed by atoms with Crippen LogP contribution in [0.5, 0.6) is 5.75 Å². The predicted molar refractivity (Wildman–Crippen MR) is 79.7 cm³/mol. The highest BCUT2D eigenvalue weighted by atomic mass is 16.5. The zero-order valence-electron chi connectivity index (χ0n) is 12.0. The van der Waals surface area contributed by atoms with E-state index >= 15 is 0 Å². The number of benzene rings is 1. The van der Waals surface area contributed by atoms with E-state index in [4.69, 9.17) is 10.5 Å². The molecule has 1 saturated carbocycles. The van der Waals surface area contributed by atoms with E-state index in [1.165, 1.54) is 44.2 Å². The molecule has 3 nitrogen and oxygen atoms in total. The molecule has 1 aliphatic carbocycles. The van der Waals surface area contributed by atoms with E-state index in [1.807, 2.05) is 12.1 Å². The average molecular weight is 272 g/mol. The van der Waals surface area contributed by atoms with Crippen molar-refractivity contribution in [3.8, 4) is 5.75 Å². The third kappa shape index (κ3) is 1.95. The lowest BCUT2D eigenvalue weighted by molar-refractivity contribution is 0.0667. The number of hydrogen-bond acceptors (Lipinski definition) is 3. The Kier molecular flexibility index (Phi) is 3.20. The normalized spacial score (nSPS) is 37.0. The van der Waals surface area contributed by atoms with Crippen molar-refractivity contribution in [2.24, 2.45) is 11.7 Å². The number of ether oxygens (including phenoxy) is 1. The number of nitrogens with zero attached hydrogens (tertiary/aromatic N) is 1. The molecule has 4 unspecified atom stereocenters. The zero-order chi connectivity index (χ0) is 13.5. The first kappa shape index (κ1) is 12.7. The maximum atomic E-state index is 6.57. The molecule has 0 radical (unpaired) electrons. The van der Waals surface area contributed by atoms with Crippen LogP contribution in [0.25, 0.3) is 0 Å². The summed E-state index contributed by atoms with van der Waals surface area (Å²) in [6.45, 7) is 1.96. The van der Waals surface area contributed by atoms with Gasteiger partial charge in [0.15, 0.2) is 0 Å². The van der Waals surface area contributed by atoms with Gasteiger partial charge in [0, 0.05) is 11.6 Å². The van der Waals surface area contributed by atoms with Crippen LogP contribution in [-0.2, 0) is 0 Å². The Morgan fingerprint density at radius 2 is 1.90 bits per heavy atom. The van der Waals surface area contributed by atoms with Crippen LogP contribution in [0.15, 0.2) is 24.3 Å². The Hall–Kier alpha value is -1.06. The van der Waals surface area contributed by atoms with Crippen LogP contribution < -0.4 is 10.5 Å². The minimum absolute atomic E-state index is 0.0978. The second kappa shape index (κ2) is 5.05. The highest BCUT2D eigenvalue weighted by Crippen LogP contribution is 2.41. The Balaban J connectivity index is 1.58. The molecule has 0 aromatic heterocycles. The molecule has 2 aliphatic heterocycles. The van der Waals surface area contributed by atoms with Crippen LogP contribution in [0.4, 0.5) is 0 Å². The number of nitrogens with two attached hydrogens (primary N) is 1. The highest BCUT2D eigenvalue weighted by Gasteiger charge is 2.42. The molecule has 1 aromatic rings. The van der Waals surface area contributed by atoms with E-state index in [9.17, 15) is 0 Å². The molecule has 108 valence electrons. The fourth-order valence-corrected chi connectivity index (χ4v) is 4.53. The van der Waals surface area contributed by atoms with Gasteiger partial charge in [-0.15, -0.1) is 0 Å². The molecule has 2 heterocycles. The maximum absolute atomic E-state index is 6.57. The summed E-state index contributed by atoms with van der Waals surface area (Å²) in [5.74, 6) is 1.89. The van der Waals surface area contributed by atoms with Crippen molar-refractivity contribution >= 4 is 0 Å². The Morgan fingerprint density at radius 3 is 2.85 bits per heavy atom. The quantitative estimate of drug-likeness (QED) is 0.854. The molecule has 0 amide bonds. The third-order valence-electron chi connectivity index (χ3n) is 5.58. The second-order valence-corrected chi connectivity index (χ2v) is 6.58. The number of likely N-dealkylation sites (tertiary alicyclic amines) is 1. The van der Waals surface area contributed by atoms with Crippen LogP contribution in [0.1, 0.15) is 43.7 Å². The molecule has 2 N–H and O–H groups in total. The average Bonchev–Trinajstić information content (AvgIpc) is 2.92. The van der Waals surface area contributed by atoms with Crippen molar-refractivity contribution in [3.05, 3.63) is 29.8 Å². The molecule has 4 rings (SSSR count). The van der Waals surface area contributed by atoms with E-state index in [1.54, 1.807) is 0 Å². The fraction of sp³-hybridized carbons (Fsp3) is 0.647. The van der Waals surface area contributed by atoms with Crippen molar-refractivity contribution in [2.45, 2.75) is 50.2 Å². The van der Waals surface area contributed by atoms with Crippen LogP contribution in [0, 0.1) is 5.92 Å². The van der Waals surface area contributed by atoms with Gasteiger partial charge in [0.1, 0.15) is 12.4 Å². The molecule has 0 bridgehead atoms. The Bertz CT molecular complexity index is 490. The van der Waals surface area contributed by atoms with E-state index in [2.05, 4.69) is 17.0 Å². The molecular weight excluding hydrogens is 248 g/mol. The van der Waals surface area contributed by atoms with Crippen LogP contribution in [-0.4, -0.2) is 30.1 Å². The molecule has 3 heteroatoms. The van der Waals surface area contributed by atoms with E-state index in [0.29, 0.717) is 6.04 Å². The molecule has 1 aromatic carbocycles. The van der Waals surface area contributed by atoms with Crippen molar-refractivity contribution in [1.29, 1.82) is 0 Å². The molecule has 1 saturated heterocycles. The van der Waals surface area contributed by atoms with Crippen molar-refractivity contribution in [3.63, 3.8) is 0 Å². The van der Waals surface area contributed by atoms with E-state index in [0.717, 1.165) is 24.3 Å². The van der Waals surface area contributed by atoms with Gasteiger partial charge in [0.05, 0.1) is 12.1 Å². The summed E-state index contributed by atoms with van der Waals surface area (Å²) < 4.78 is 5.98. The highest BCUT2D eigenvalue weighted by molar-refractivity contribution is 5.38. The third-order valence-corrected chi connectivity index (χ3v) is 5.58. The maximum Gasteiger partial charge on any atom is 0.124 e. The second-order valence-electron chi connectivity index (χ2n) is 6.58. The predicted octanol–water partition coefficient (Wildman–Crippen LogP) is 2.71. The van der Waals surface area contributed by atoms with Gasteiger partial charge in [0.2, 0.25) is 0 Å². The van der Waals surface area contributed by atoms with Crippen LogP contribution in [0.3, 0.4) is 0 Å². The summed E-state index contributed by atoms with van der Waals surface area (Å²) in [5, 5.41) is 0. The minimum atomic E-state index is 0.0978. The number of hydrogen-bond donors (Lipinski definition) is 1. The largest absolute Gasteiger partial charge is 0.492 e. The van der Waals surface area contributed by atoms with E-state index < -0.39 is 0 Å². The molecule has 3 aliphatic rings. The van der Waals surface area contributed by atoms with Gasteiger partial charge in [-0.3, -0.25) is 4.90 Å². The summed E-state index contributed by atoms with van der Waals surface area (Å²) in [4.78, 5) is 2.67. The minimum Gasteiger partial charge on any atom is -0.492 e. The number of rotatable bonds is 1. The van der Waals surface area contributed by atoms with Gasteiger partial charge < -0.3 is 10.5 Å². The lowest BCUT2D eigenvalue weighted by Crippen LogP contribution is -2.51. The Labute approximate surface area is 121 Å². The first-order valence-electron chi connectivity index (χ1n) is 8.07. The first-order valence-corrected chi connectivity index (χ1v) is 8.07. The van der Waals surface area contributed by atoms with Crippen molar-refractivity contribution in [1.82, 2.24) is 4.90 Å². The monoisotopic (exact) mass is 272 g/mol.